The number of aromatic carboxylic acids is 1. The van der Waals surface area contributed by atoms with Crippen LogP contribution in [0.4, 0.5) is 0 Å². The number of carbonyl (C=O) groups is 1. The lowest BCUT2D eigenvalue weighted by Crippen LogP contribution is -2.24. The van der Waals surface area contributed by atoms with Gasteiger partial charge in [0.15, 0.2) is 4.83 Å². The number of furan rings is 1. The van der Waals surface area contributed by atoms with Gasteiger partial charge in [0.2, 0.25) is 5.76 Å². The average molecular weight is 305 g/mol. The zero-order chi connectivity index (χ0) is 15.1. The van der Waals surface area contributed by atoms with Crippen LogP contribution in [0.15, 0.2) is 21.3 Å². The van der Waals surface area contributed by atoms with Crippen molar-refractivity contribution in [1.82, 2.24) is 15.0 Å². The molecule has 3 aromatic heterocycles. The van der Waals surface area contributed by atoms with E-state index in [-0.39, 0.29) is 17.9 Å². The molecule has 0 saturated heterocycles. The van der Waals surface area contributed by atoms with Crippen molar-refractivity contribution >= 4 is 27.5 Å². The summed E-state index contributed by atoms with van der Waals surface area (Å²) in [6, 6.07) is 2.85. The molecule has 0 amide bonds. The molecule has 0 radical (unpaired) electrons. The molecular formula is C13H11N3O4S. The van der Waals surface area contributed by atoms with Crippen LogP contribution < -0.4 is 5.56 Å². The fraction of sp³-hybridized carbons (Fsp3) is 0.231. The highest BCUT2D eigenvalue weighted by Gasteiger charge is 2.15. The van der Waals surface area contributed by atoms with E-state index >= 15 is 0 Å². The largest absolute Gasteiger partial charge is 0.475 e. The summed E-state index contributed by atoms with van der Waals surface area (Å²) in [6.45, 7) is 3.84. The minimum Gasteiger partial charge on any atom is -0.475 e. The molecule has 0 atom stereocenters. The topological polar surface area (TPSA) is 98.2 Å². The van der Waals surface area contributed by atoms with Gasteiger partial charge in [-0.15, -0.1) is 16.4 Å². The molecule has 0 bridgehead atoms. The molecule has 0 unspecified atom stereocenters. The highest BCUT2D eigenvalue weighted by atomic mass is 32.1. The lowest BCUT2D eigenvalue weighted by atomic mass is 10.2. The summed E-state index contributed by atoms with van der Waals surface area (Å²) >= 11 is 1.43. The minimum absolute atomic E-state index is 0.0450. The zero-order valence-electron chi connectivity index (χ0n) is 11.3. The Balaban J connectivity index is 2.04. The van der Waals surface area contributed by atoms with Gasteiger partial charge in [-0.25, -0.2) is 9.48 Å². The molecular weight excluding hydrogens is 294 g/mol. The van der Waals surface area contributed by atoms with E-state index < -0.39 is 5.97 Å². The molecule has 3 aromatic rings. The van der Waals surface area contributed by atoms with E-state index in [9.17, 15) is 9.59 Å². The summed E-state index contributed by atoms with van der Waals surface area (Å²) in [7, 11) is 0. The highest BCUT2D eigenvalue weighted by Crippen LogP contribution is 2.25. The molecule has 8 heteroatoms. The molecule has 21 heavy (non-hydrogen) atoms. The molecule has 0 aliphatic carbocycles. The van der Waals surface area contributed by atoms with E-state index in [1.807, 2.05) is 13.8 Å². The third kappa shape index (κ3) is 2.23. The first-order valence-corrected chi connectivity index (χ1v) is 6.94. The standard InChI is InChI=1S/C13H11N3O4S/c1-6-7(2)21-11-10(6)12(17)16(15-14-11)5-8-3-4-9(20-8)13(18)19/h3-4H,5H2,1-2H3,(H,18,19). The zero-order valence-corrected chi connectivity index (χ0v) is 12.1. The van der Waals surface area contributed by atoms with Crippen molar-refractivity contribution in [3.05, 3.63) is 44.4 Å². The number of nitrogens with zero attached hydrogens (tertiary/aromatic N) is 3. The maximum atomic E-state index is 12.4. The smallest absolute Gasteiger partial charge is 0.371 e. The van der Waals surface area contributed by atoms with Crippen LogP contribution in [0.5, 0.6) is 0 Å². The second-order valence-electron chi connectivity index (χ2n) is 4.59. The van der Waals surface area contributed by atoms with Crippen molar-refractivity contribution in [3.63, 3.8) is 0 Å². The second kappa shape index (κ2) is 4.81. The SMILES string of the molecule is Cc1sc2nnn(Cc3ccc(C(=O)O)o3)c(=O)c2c1C. The summed E-state index contributed by atoms with van der Waals surface area (Å²) < 4.78 is 6.30. The summed E-state index contributed by atoms with van der Waals surface area (Å²) in [5.41, 5.74) is 0.643. The lowest BCUT2D eigenvalue weighted by Gasteiger charge is -2.01. The van der Waals surface area contributed by atoms with Gasteiger partial charge in [-0.1, -0.05) is 5.21 Å². The number of carboxylic acid groups (broad SMARTS) is 1. The molecule has 0 saturated carbocycles. The number of aromatic nitrogens is 3. The molecule has 108 valence electrons. The Hall–Kier alpha value is -2.48. The van der Waals surface area contributed by atoms with Crippen molar-refractivity contribution in [2.45, 2.75) is 20.4 Å². The fourth-order valence-electron chi connectivity index (χ4n) is 2.02. The van der Waals surface area contributed by atoms with Crippen LogP contribution in [-0.4, -0.2) is 26.1 Å². The van der Waals surface area contributed by atoms with Crippen LogP contribution in [0.2, 0.25) is 0 Å². The molecule has 7 nitrogen and oxygen atoms in total. The van der Waals surface area contributed by atoms with Crippen molar-refractivity contribution < 1.29 is 14.3 Å². The molecule has 3 rings (SSSR count). The predicted octanol–water partition coefficient (Wildman–Crippen LogP) is 1.81. The second-order valence-corrected chi connectivity index (χ2v) is 5.79. The van der Waals surface area contributed by atoms with Crippen LogP contribution in [-0.2, 0) is 6.54 Å². The number of rotatable bonds is 3. The van der Waals surface area contributed by atoms with E-state index in [4.69, 9.17) is 9.52 Å². The Morgan fingerprint density at radius 3 is 2.86 bits per heavy atom. The normalized spacial score (nSPS) is 11.1. The van der Waals surface area contributed by atoms with Crippen molar-refractivity contribution in [1.29, 1.82) is 0 Å². The van der Waals surface area contributed by atoms with Crippen LogP contribution in [0.25, 0.3) is 10.2 Å². The molecule has 0 aliphatic rings. The molecule has 0 aromatic carbocycles. The van der Waals surface area contributed by atoms with Gasteiger partial charge in [-0.3, -0.25) is 4.79 Å². The van der Waals surface area contributed by atoms with Gasteiger partial charge < -0.3 is 9.52 Å². The third-order valence-electron chi connectivity index (χ3n) is 3.24. The van der Waals surface area contributed by atoms with Gasteiger partial charge in [-0.2, -0.15) is 0 Å². The van der Waals surface area contributed by atoms with Gasteiger partial charge in [-0.05, 0) is 31.5 Å². The number of hydrogen-bond acceptors (Lipinski definition) is 6. The van der Waals surface area contributed by atoms with E-state index in [2.05, 4.69) is 10.3 Å². The van der Waals surface area contributed by atoms with Crippen molar-refractivity contribution in [2.24, 2.45) is 0 Å². The Labute approximate surface area is 122 Å². The lowest BCUT2D eigenvalue weighted by molar-refractivity contribution is 0.0660. The molecule has 3 heterocycles. The van der Waals surface area contributed by atoms with E-state index in [0.29, 0.717) is 16.0 Å². The molecule has 0 spiro atoms. The Kier molecular flexibility index (Phi) is 3.09. The predicted molar refractivity (Wildman–Crippen MR) is 75.9 cm³/mol. The van der Waals surface area contributed by atoms with Crippen molar-refractivity contribution in [2.75, 3.05) is 0 Å². The highest BCUT2D eigenvalue weighted by molar-refractivity contribution is 7.18. The molecule has 0 fully saturated rings. The third-order valence-corrected chi connectivity index (χ3v) is 4.33. The van der Waals surface area contributed by atoms with E-state index in [1.54, 1.807) is 0 Å². The number of hydrogen-bond donors (Lipinski definition) is 1. The summed E-state index contributed by atoms with van der Waals surface area (Å²) in [5, 5.41) is 17.3. The van der Waals surface area contributed by atoms with Gasteiger partial charge in [0.25, 0.3) is 5.56 Å². The Bertz CT molecular complexity index is 906. The number of carboxylic acids is 1. The van der Waals surface area contributed by atoms with Gasteiger partial charge in [0.05, 0.1) is 5.39 Å². The first-order chi connectivity index (χ1) is 9.97. The summed E-state index contributed by atoms with van der Waals surface area (Å²) in [4.78, 5) is 24.8. The van der Waals surface area contributed by atoms with Crippen LogP contribution >= 0.6 is 11.3 Å². The van der Waals surface area contributed by atoms with E-state index in [1.165, 1.54) is 28.2 Å². The average Bonchev–Trinajstić information content (AvgIpc) is 3.00. The van der Waals surface area contributed by atoms with Crippen molar-refractivity contribution in [3.8, 4) is 0 Å². The maximum Gasteiger partial charge on any atom is 0.371 e. The van der Waals surface area contributed by atoms with Crippen LogP contribution in [0.3, 0.4) is 0 Å². The van der Waals surface area contributed by atoms with E-state index in [0.717, 1.165) is 10.4 Å². The Morgan fingerprint density at radius 2 is 2.19 bits per heavy atom. The van der Waals surface area contributed by atoms with Crippen LogP contribution in [0, 0.1) is 13.8 Å². The first kappa shape index (κ1) is 13.5. The maximum absolute atomic E-state index is 12.4. The quantitative estimate of drug-likeness (QED) is 0.792. The minimum atomic E-state index is -1.15. The number of thiophene rings is 1. The molecule has 0 aliphatic heterocycles. The van der Waals surface area contributed by atoms with Gasteiger partial charge in [0.1, 0.15) is 12.3 Å². The number of fused-ring (bicyclic) bond motifs is 1. The first-order valence-electron chi connectivity index (χ1n) is 6.13. The molecule has 1 N–H and O–H groups in total. The summed E-state index contributed by atoms with van der Waals surface area (Å²) in [5.74, 6) is -0.984. The summed E-state index contributed by atoms with van der Waals surface area (Å²) in [6.07, 6.45) is 0. The fourth-order valence-corrected chi connectivity index (χ4v) is 2.99. The van der Waals surface area contributed by atoms with Gasteiger partial charge in [0, 0.05) is 4.88 Å². The Morgan fingerprint density at radius 1 is 1.43 bits per heavy atom. The van der Waals surface area contributed by atoms with Gasteiger partial charge >= 0.3 is 5.97 Å². The van der Waals surface area contributed by atoms with Crippen LogP contribution in [0.1, 0.15) is 26.8 Å². The monoisotopic (exact) mass is 305 g/mol. The number of aryl methyl sites for hydroxylation is 2.